The lowest BCUT2D eigenvalue weighted by Gasteiger charge is -2.27. The van der Waals surface area contributed by atoms with Gasteiger partial charge in [-0.2, -0.15) is 0 Å². The van der Waals surface area contributed by atoms with Gasteiger partial charge in [0.2, 0.25) is 0 Å². The first-order valence-electron chi connectivity index (χ1n) is 7.40. The zero-order chi connectivity index (χ0) is 15.7. The van der Waals surface area contributed by atoms with Crippen molar-refractivity contribution >= 4 is 6.08 Å². The van der Waals surface area contributed by atoms with Crippen LogP contribution in [0, 0.1) is 0 Å². The Hall–Kier alpha value is -2.55. The van der Waals surface area contributed by atoms with Crippen LogP contribution in [0.5, 0.6) is 5.75 Å². The van der Waals surface area contributed by atoms with E-state index in [1.807, 2.05) is 63.3 Å². The molecule has 112 valence electrons. The minimum absolute atomic E-state index is 0.109. The second kappa shape index (κ2) is 5.68. The lowest BCUT2D eigenvalue weighted by Crippen LogP contribution is -2.26. The van der Waals surface area contributed by atoms with E-state index in [4.69, 9.17) is 4.74 Å². The van der Waals surface area contributed by atoms with Crippen molar-refractivity contribution in [3.8, 4) is 16.9 Å². The van der Waals surface area contributed by atoms with Gasteiger partial charge in [0.05, 0.1) is 5.56 Å². The minimum Gasteiger partial charge on any atom is -0.480 e. The first-order valence-corrected chi connectivity index (χ1v) is 7.40. The number of aromatic nitrogens is 1. The van der Waals surface area contributed by atoms with Crippen LogP contribution in [0.3, 0.4) is 0 Å². The predicted octanol–water partition coefficient (Wildman–Crippen LogP) is 4.17. The SMILES string of the molecule is C/C=C(\C)C1Oc2c(-c3ccccc3)c[nH]c(=O)c2C=C1C. The average Bonchev–Trinajstić information content (AvgIpc) is 2.55. The van der Waals surface area contributed by atoms with E-state index in [9.17, 15) is 4.79 Å². The molecule has 0 aliphatic carbocycles. The van der Waals surface area contributed by atoms with Crippen molar-refractivity contribution in [3.05, 3.63) is 69.7 Å². The summed E-state index contributed by atoms with van der Waals surface area (Å²) in [5.74, 6) is 0.659. The van der Waals surface area contributed by atoms with E-state index >= 15 is 0 Å². The zero-order valence-corrected chi connectivity index (χ0v) is 13.0. The standard InChI is InChI=1S/C19H19NO2/c1-4-12(2)17-13(3)10-15-18(22-17)16(11-20-19(15)21)14-8-6-5-7-9-14/h4-11,17H,1-3H3,(H,20,21)/b12-4+. The van der Waals surface area contributed by atoms with Crippen LogP contribution in [0.1, 0.15) is 26.3 Å². The highest BCUT2D eigenvalue weighted by Gasteiger charge is 2.25. The smallest absolute Gasteiger partial charge is 0.259 e. The summed E-state index contributed by atoms with van der Waals surface area (Å²) in [4.78, 5) is 15.0. The number of ether oxygens (including phenoxy) is 1. The van der Waals surface area contributed by atoms with Crippen LogP contribution in [0.4, 0.5) is 0 Å². The van der Waals surface area contributed by atoms with Gasteiger partial charge in [-0.15, -0.1) is 0 Å². The molecule has 3 heteroatoms. The third-order valence-electron chi connectivity index (χ3n) is 4.06. The molecule has 0 fully saturated rings. The Morgan fingerprint density at radius 2 is 2.00 bits per heavy atom. The number of hydrogen-bond donors (Lipinski definition) is 1. The number of fused-ring (bicyclic) bond motifs is 1. The lowest BCUT2D eigenvalue weighted by molar-refractivity contribution is 0.268. The highest BCUT2D eigenvalue weighted by Crippen LogP contribution is 2.37. The van der Waals surface area contributed by atoms with Crippen LogP contribution < -0.4 is 10.3 Å². The fourth-order valence-corrected chi connectivity index (χ4v) is 2.74. The van der Waals surface area contributed by atoms with Crippen molar-refractivity contribution in [2.75, 3.05) is 0 Å². The summed E-state index contributed by atoms with van der Waals surface area (Å²) >= 11 is 0. The van der Waals surface area contributed by atoms with Gasteiger partial charge < -0.3 is 9.72 Å². The Bertz CT molecular complexity index is 813. The largest absolute Gasteiger partial charge is 0.480 e. The van der Waals surface area contributed by atoms with Crippen molar-refractivity contribution in [1.29, 1.82) is 0 Å². The molecule has 0 amide bonds. The van der Waals surface area contributed by atoms with Crippen molar-refractivity contribution in [1.82, 2.24) is 4.98 Å². The van der Waals surface area contributed by atoms with Gasteiger partial charge in [0, 0.05) is 11.8 Å². The van der Waals surface area contributed by atoms with Crippen molar-refractivity contribution in [2.24, 2.45) is 0 Å². The van der Waals surface area contributed by atoms with E-state index < -0.39 is 0 Å². The first kappa shape index (κ1) is 14.4. The highest BCUT2D eigenvalue weighted by atomic mass is 16.5. The fourth-order valence-electron chi connectivity index (χ4n) is 2.74. The topological polar surface area (TPSA) is 42.1 Å². The van der Waals surface area contributed by atoms with E-state index in [0.717, 1.165) is 22.3 Å². The zero-order valence-electron chi connectivity index (χ0n) is 13.0. The second-order valence-corrected chi connectivity index (χ2v) is 5.56. The molecule has 1 aromatic heterocycles. The maximum absolute atomic E-state index is 12.1. The molecule has 0 radical (unpaired) electrons. The molecule has 3 rings (SSSR count). The molecule has 2 heterocycles. The van der Waals surface area contributed by atoms with Crippen molar-refractivity contribution in [2.45, 2.75) is 26.9 Å². The Kier molecular flexibility index (Phi) is 3.72. The van der Waals surface area contributed by atoms with Gasteiger partial charge in [0.15, 0.2) is 0 Å². The van der Waals surface area contributed by atoms with E-state index in [-0.39, 0.29) is 11.7 Å². The Labute approximate surface area is 130 Å². The second-order valence-electron chi connectivity index (χ2n) is 5.56. The van der Waals surface area contributed by atoms with Crippen LogP contribution in [-0.2, 0) is 0 Å². The molecule has 0 saturated carbocycles. The molecule has 0 bridgehead atoms. The van der Waals surface area contributed by atoms with E-state index in [1.54, 1.807) is 6.20 Å². The quantitative estimate of drug-likeness (QED) is 0.844. The number of pyridine rings is 1. The van der Waals surface area contributed by atoms with E-state index in [2.05, 4.69) is 4.98 Å². The fraction of sp³-hybridized carbons (Fsp3) is 0.211. The predicted molar refractivity (Wildman–Crippen MR) is 90.0 cm³/mol. The summed E-state index contributed by atoms with van der Waals surface area (Å²) < 4.78 is 6.21. The van der Waals surface area contributed by atoms with E-state index in [1.165, 1.54) is 0 Å². The highest BCUT2D eigenvalue weighted by molar-refractivity contribution is 5.77. The van der Waals surface area contributed by atoms with Gasteiger partial charge in [0.25, 0.3) is 5.56 Å². The Morgan fingerprint density at radius 1 is 1.27 bits per heavy atom. The monoisotopic (exact) mass is 293 g/mol. The Balaban J connectivity index is 2.20. The van der Waals surface area contributed by atoms with E-state index in [0.29, 0.717) is 11.3 Å². The first-order chi connectivity index (χ1) is 10.6. The summed E-state index contributed by atoms with van der Waals surface area (Å²) in [5.41, 5.74) is 4.59. The normalized spacial score (nSPS) is 17.5. The third-order valence-corrected chi connectivity index (χ3v) is 4.06. The number of nitrogens with one attached hydrogen (secondary N) is 1. The summed E-state index contributed by atoms with van der Waals surface area (Å²) in [5, 5.41) is 0. The minimum atomic E-state index is -0.120. The molecule has 0 saturated heterocycles. The Morgan fingerprint density at radius 3 is 2.68 bits per heavy atom. The maximum Gasteiger partial charge on any atom is 0.259 e. The van der Waals surface area contributed by atoms with Gasteiger partial charge in [-0.1, -0.05) is 36.4 Å². The lowest BCUT2D eigenvalue weighted by atomic mass is 9.96. The molecular formula is C19H19NO2. The molecule has 0 spiro atoms. The molecule has 1 atom stereocenters. The number of benzene rings is 1. The molecule has 1 N–H and O–H groups in total. The summed E-state index contributed by atoms with van der Waals surface area (Å²) in [6.45, 7) is 6.04. The molecule has 1 aromatic carbocycles. The van der Waals surface area contributed by atoms with Crippen LogP contribution in [0.2, 0.25) is 0 Å². The molecule has 3 nitrogen and oxygen atoms in total. The molecule has 1 unspecified atom stereocenters. The molecular weight excluding hydrogens is 274 g/mol. The van der Waals surface area contributed by atoms with Crippen LogP contribution in [-0.4, -0.2) is 11.1 Å². The number of hydrogen-bond acceptors (Lipinski definition) is 2. The van der Waals surface area contributed by atoms with Crippen LogP contribution >= 0.6 is 0 Å². The molecule has 1 aliphatic rings. The number of rotatable bonds is 2. The van der Waals surface area contributed by atoms with Gasteiger partial charge >= 0.3 is 0 Å². The summed E-state index contributed by atoms with van der Waals surface area (Å²) in [6.07, 6.45) is 5.60. The number of allylic oxidation sites excluding steroid dienone is 1. The van der Waals surface area contributed by atoms with Gasteiger partial charge in [-0.25, -0.2) is 0 Å². The van der Waals surface area contributed by atoms with Crippen LogP contribution in [0.25, 0.3) is 17.2 Å². The van der Waals surface area contributed by atoms with Crippen LogP contribution in [0.15, 0.2) is 58.5 Å². The molecule has 1 aliphatic heterocycles. The third kappa shape index (κ3) is 2.39. The molecule has 2 aromatic rings. The van der Waals surface area contributed by atoms with Crippen molar-refractivity contribution < 1.29 is 4.74 Å². The summed E-state index contributed by atoms with van der Waals surface area (Å²) in [6, 6.07) is 9.95. The number of aromatic amines is 1. The average molecular weight is 293 g/mol. The van der Waals surface area contributed by atoms with Gasteiger partial charge in [-0.3, -0.25) is 4.79 Å². The summed E-state index contributed by atoms with van der Waals surface area (Å²) in [7, 11) is 0. The van der Waals surface area contributed by atoms with Gasteiger partial charge in [-0.05, 0) is 43.6 Å². The molecule has 22 heavy (non-hydrogen) atoms. The maximum atomic E-state index is 12.1. The van der Waals surface area contributed by atoms with Gasteiger partial charge in [0.1, 0.15) is 11.9 Å². The number of H-pyrrole nitrogens is 1. The van der Waals surface area contributed by atoms with Crippen molar-refractivity contribution in [3.63, 3.8) is 0 Å².